The lowest BCUT2D eigenvalue weighted by atomic mass is 10.1. The van der Waals surface area contributed by atoms with Gasteiger partial charge in [0.05, 0.1) is 5.56 Å². The number of hydrogen-bond acceptors (Lipinski definition) is 3. The predicted octanol–water partition coefficient (Wildman–Crippen LogP) is 2.45. The maximum Gasteiger partial charge on any atom is 0.419 e. The molecule has 1 aliphatic rings. The lowest BCUT2D eigenvalue weighted by Crippen LogP contribution is -2.32. The molecule has 1 fully saturated rings. The highest BCUT2D eigenvalue weighted by molar-refractivity contribution is 5.50. The van der Waals surface area contributed by atoms with Crippen LogP contribution in [0.1, 0.15) is 24.8 Å². The fourth-order valence-electron chi connectivity index (χ4n) is 2.41. The minimum Gasteiger partial charge on any atom is -0.396 e. The van der Waals surface area contributed by atoms with Crippen LogP contribution in [-0.2, 0) is 6.18 Å². The summed E-state index contributed by atoms with van der Waals surface area (Å²) in [6.45, 7) is 0.542. The number of nitrogens with zero attached hydrogens (tertiary/aromatic N) is 2. The van der Waals surface area contributed by atoms with E-state index < -0.39 is 11.7 Å². The SMILES string of the molecule is OCCC1CCCN1c1ncccc1C(F)(F)F. The summed E-state index contributed by atoms with van der Waals surface area (Å²) in [5.74, 6) is -0.0130. The molecule has 1 N–H and O–H groups in total. The van der Waals surface area contributed by atoms with Crippen molar-refractivity contribution in [1.29, 1.82) is 0 Å². The second-order valence-electron chi connectivity index (χ2n) is 4.37. The van der Waals surface area contributed by atoms with Crippen molar-refractivity contribution in [2.24, 2.45) is 0 Å². The van der Waals surface area contributed by atoms with E-state index in [0.29, 0.717) is 13.0 Å². The summed E-state index contributed by atoms with van der Waals surface area (Å²) < 4.78 is 38.7. The first-order chi connectivity index (χ1) is 8.54. The average molecular weight is 260 g/mol. The van der Waals surface area contributed by atoms with E-state index in [1.54, 1.807) is 4.90 Å². The second-order valence-corrected chi connectivity index (χ2v) is 4.37. The zero-order chi connectivity index (χ0) is 13.2. The molecule has 1 saturated heterocycles. The zero-order valence-electron chi connectivity index (χ0n) is 9.82. The molecule has 0 radical (unpaired) electrons. The molecule has 3 nitrogen and oxygen atoms in total. The number of alkyl halides is 3. The second kappa shape index (κ2) is 5.14. The highest BCUT2D eigenvalue weighted by Gasteiger charge is 2.37. The Kier molecular flexibility index (Phi) is 3.75. The molecule has 0 bridgehead atoms. The van der Waals surface area contributed by atoms with Crippen molar-refractivity contribution in [3.05, 3.63) is 23.9 Å². The first-order valence-electron chi connectivity index (χ1n) is 5.93. The molecule has 1 aromatic rings. The third kappa shape index (κ3) is 2.58. The van der Waals surface area contributed by atoms with E-state index in [9.17, 15) is 13.2 Å². The average Bonchev–Trinajstić information content (AvgIpc) is 2.77. The first-order valence-corrected chi connectivity index (χ1v) is 5.93. The summed E-state index contributed by atoms with van der Waals surface area (Å²) in [4.78, 5) is 5.55. The molecular weight excluding hydrogens is 245 g/mol. The summed E-state index contributed by atoms with van der Waals surface area (Å²) in [7, 11) is 0. The van der Waals surface area contributed by atoms with Gasteiger partial charge in [0.25, 0.3) is 0 Å². The number of halogens is 3. The van der Waals surface area contributed by atoms with Crippen LogP contribution < -0.4 is 4.90 Å². The lowest BCUT2D eigenvalue weighted by molar-refractivity contribution is -0.137. The molecule has 1 atom stereocenters. The first kappa shape index (κ1) is 13.1. The molecule has 0 saturated carbocycles. The van der Waals surface area contributed by atoms with Gasteiger partial charge in [0.2, 0.25) is 0 Å². The zero-order valence-corrected chi connectivity index (χ0v) is 9.82. The van der Waals surface area contributed by atoms with Crippen LogP contribution in [0.25, 0.3) is 0 Å². The van der Waals surface area contributed by atoms with E-state index in [4.69, 9.17) is 5.11 Å². The molecule has 1 aliphatic heterocycles. The standard InChI is InChI=1S/C12H15F3N2O/c13-12(14,15)10-4-1-6-16-11(10)17-7-2-3-9(17)5-8-18/h1,4,6,9,18H,2-3,5,7-8H2. The van der Waals surface area contributed by atoms with E-state index in [0.717, 1.165) is 18.9 Å². The lowest BCUT2D eigenvalue weighted by Gasteiger charge is -2.27. The largest absolute Gasteiger partial charge is 0.419 e. The van der Waals surface area contributed by atoms with Crippen LogP contribution in [-0.4, -0.2) is 29.3 Å². The minimum atomic E-state index is -4.39. The van der Waals surface area contributed by atoms with Crippen molar-refractivity contribution in [2.45, 2.75) is 31.5 Å². The number of anilines is 1. The summed E-state index contributed by atoms with van der Waals surface area (Å²) in [5, 5.41) is 8.95. The Bertz CT molecular complexity index is 409. The molecule has 1 unspecified atom stereocenters. The normalized spacial score (nSPS) is 20.4. The summed E-state index contributed by atoms with van der Waals surface area (Å²) >= 11 is 0. The summed E-state index contributed by atoms with van der Waals surface area (Å²) in [6.07, 6.45) is -0.907. The van der Waals surface area contributed by atoms with Crippen LogP contribution in [0.2, 0.25) is 0 Å². The fourth-order valence-corrected chi connectivity index (χ4v) is 2.41. The van der Waals surface area contributed by atoms with Crippen LogP contribution in [0.5, 0.6) is 0 Å². The van der Waals surface area contributed by atoms with Gasteiger partial charge in [0.15, 0.2) is 0 Å². The van der Waals surface area contributed by atoms with E-state index in [1.165, 1.54) is 12.3 Å². The third-order valence-electron chi connectivity index (χ3n) is 3.20. The van der Waals surface area contributed by atoms with Gasteiger partial charge in [-0.15, -0.1) is 0 Å². The van der Waals surface area contributed by atoms with Gasteiger partial charge in [-0.3, -0.25) is 0 Å². The van der Waals surface area contributed by atoms with Crippen molar-refractivity contribution in [2.75, 3.05) is 18.1 Å². The summed E-state index contributed by atoms with van der Waals surface area (Å²) in [6, 6.07) is 2.30. The maximum atomic E-state index is 12.9. The number of rotatable bonds is 3. The number of aromatic nitrogens is 1. The Hall–Kier alpha value is -1.30. The van der Waals surface area contributed by atoms with Crippen molar-refractivity contribution in [3.8, 4) is 0 Å². The number of aliphatic hydroxyl groups excluding tert-OH is 1. The topological polar surface area (TPSA) is 36.4 Å². The minimum absolute atomic E-state index is 0.0130. The Balaban J connectivity index is 2.33. The Morgan fingerprint density at radius 2 is 2.22 bits per heavy atom. The molecular formula is C12H15F3N2O. The van der Waals surface area contributed by atoms with Crippen molar-refractivity contribution in [1.82, 2.24) is 4.98 Å². The van der Waals surface area contributed by atoms with Gasteiger partial charge < -0.3 is 10.0 Å². The van der Waals surface area contributed by atoms with Crippen molar-refractivity contribution < 1.29 is 18.3 Å². The molecule has 6 heteroatoms. The number of hydrogen-bond donors (Lipinski definition) is 1. The van der Waals surface area contributed by atoms with Crippen LogP contribution in [0.4, 0.5) is 19.0 Å². The van der Waals surface area contributed by atoms with Crippen LogP contribution in [0.3, 0.4) is 0 Å². The molecule has 0 spiro atoms. The van der Waals surface area contributed by atoms with Gasteiger partial charge in [-0.1, -0.05) is 0 Å². The van der Waals surface area contributed by atoms with Gasteiger partial charge >= 0.3 is 6.18 Å². The highest BCUT2D eigenvalue weighted by Crippen LogP contribution is 2.37. The summed E-state index contributed by atoms with van der Waals surface area (Å²) in [5.41, 5.74) is -0.699. The van der Waals surface area contributed by atoms with Crippen molar-refractivity contribution >= 4 is 5.82 Å². The quantitative estimate of drug-likeness (QED) is 0.907. The van der Waals surface area contributed by atoms with Crippen molar-refractivity contribution in [3.63, 3.8) is 0 Å². The molecule has 0 aromatic carbocycles. The van der Waals surface area contributed by atoms with Gasteiger partial charge in [-0.2, -0.15) is 13.2 Å². The predicted molar refractivity (Wildman–Crippen MR) is 61.3 cm³/mol. The van der Waals surface area contributed by atoms with E-state index in [2.05, 4.69) is 4.98 Å². The Morgan fingerprint density at radius 1 is 1.44 bits per heavy atom. The molecule has 18 heavy (non-hydrogen) atoms. The fraction of sp³-hybridized carbons (Fsp3) is 0.583. The van der Waals surface area contributed by atoms with Gasteiger partial charge in [-0.25, -0.2) is 4.98 Å². The highest BCUT2D eigenvalue weighted by atomic mass is 19.4. The maximum absolute atomic E-state index is 12.9. The van der Waals surface area contributed by atoms with Gasteiger partial charge in [-0.05, 0) is 31.4 Å². The molecule has 0 aliphatic carbocycles. The molecule has 100 valence electrons. The van der Waals surface area contributed by atoms with Crippen LogP contribution >= 0.6 is 0 Å². The van der Waals surface area contributed by atoms with Gasteiger partial charge in [0, 0.05) is 25.4 Å². The molecule has 2 rings (SSSR count). The van der Waals surface area contributed by atoms with Gasteiger partial charge in [0.1, 0.15) is 5.82 Å². The van der Waals surface area contributed by atoms with E-state index >= 15 is 0 Å². The monoisotopic (exact) mass is 260 g/mol. The van der Waals surface area contributed by atoms with E-state index in [1.807, 2.05) is 0 Å². The van der Waals surface area contributed by atoms with E-state index in [-0.39, 0.29) is 18.5 Å². The molecule has 2 heterocycles. The molecule has 1 aromatic heterocycles. The molecule has 0 amide bonds. The smallest absolute Gasteiger partial charge is 0.396 e. The van der Waals surface area contributed by atoms with Crippen LogP contribution in [0.15, 0.2) is 18.3 Å². The third-order valence-corrected chi connectivity index (χ3v) is 3.20. The number of pyridine rings is 1. The Morgan fingerprint density at radius 3 is 2.89 bits per heavy atom. The Labute approximate surface area is 103 Å². The van der Waals surface area contributed by atoms with Crippen LogP contribution in [0, 0.1) is 0 Å². The number of aliphatic hydroxyl groups is 1.